The minimum Gasteiger partial charge on any atom is -0.493 e. The van der Waals surface area contributed by atoms with Crippen LogP contribution in [-0.4, -0.2) is 23.8 Å². The van der Waals surface area contributed by atoms with Gasteiger partial charge in [0.15, 0.2) is 0 Å². The molecule has 1 rings (SSSR count). The Labute approximate surface area is 90.9 Å². The third-order valence-electron chi connectivity index (χ3n) is 2.34. The summed E-state index contributed by atoms with van der Waals surface area (Å²) < 4.78 is 5.53. The number of aryl methyl sites for hydroxylation is 2. The van der Waals surface area contributed by atoms with Gasteiger partial charge in [-0.3, -0.25) is 0 Å². The molecular weight excluding hydrogens is 191 g/mol. The Kier molecular flexibility index (Phi) is 4.18. The van der Waals surface area contributed by atoms with Crippen molar-refractivity contribution >= 4 is 12.6 Å². The molecule has 0 saturated heterocycles. The van der Waals surface area contributed by atoms with Crippen molar-refractivity contribution in [2.24, 2.45) is 0 Å². The molecule has 1 aromatic rings. The van der Waals surface area contributed by atoms with Crippen molar-refractivity contribution < 1.29 is 14.8 Å². The van der Waals surface area contributed by atoms with E-state index in [2.05, 4.69) is 0 Å². The molecule has 0 saturated carbocycles. The summed E-state index contributed by atoms with van der Waals surface area (Å²) in [6.07, 6.45) is 0.816. The lowest BCUT2D eigenvalue weighted by atomic mass is 9.78. The summed E-state index contributed by atoms with van der Waals surface area (Å²) in [5.74, 6) is 0.865. The van der Waals surface area contributed by atoms with Crippen LogP contribution in [0.15, 0.2) is 12.1 Å². The van der Waals surface area contributed by atoms with Gasteiger partial charge in [0.25, 0.3) is 0 Å². The highest BCUT2D eigenvalue weighted by atomic mass is 16.5. The highest BCUT2D eigenvalue weighted by Gasteiger charge is 2.15. The van der Waals surface area contributed by atoms with Gasteiger partial charge in [-0.15, -0.1) is 0 Å². The van der Waals surface area contributed by atoms with Gasteiger partial charge in [0, 0.05) is 0 Å². The van der Waals surface area contributed by atoms with E-state index in [0.717, 1.165) is 23.3 Å². The molecular formula is C11H17BO3. The van der Waals surface area contributed by atoms with Gasteiger partial charge in [0.1, 0.15) is 5.75 Å². The summed E-state index contributed by atoms with van der Waals surface area (Å²) in [6.45, 7) is 6.49. The summed E-state index contributed by atoms with van der Waals surface area (Å²) in [4.78, 5) is 0. The molecule has 0 fully saturated rings. The van der Waals surface area contributed by atoms with Crippen molar-refractivity contribution in [2.45, 2.75) is 27.2 Å². The Morgan fingerprint density at radius 2 is 1.93 bits per heavy atom. The van der Waals surface area contributed by atoms with E-state index < -0.39 is 7.12 Å². The second-order valence-corrected chi connectivity index (χ2v) is 3.49. The van der Waals surface area contributed by atoms with Gasteiger partial charge in [-0.2, -0.15) is 0 Å². The van der Waals surface area contributed by atoms with Crippen LogP contribution in [0.4, 0.5) is 0 Å². The number of rotatable bonds is 4. The highest BCUT2D eigenvalue weighted by molar-refractivity contribution is 6.58. The van der Waals surface area contributed by atoms with E-state index in [1.807, 2.05) is 20.8 Å². The van der Waals surface area contributed by atoms with Gasteiger partial charge in [-0.05, 0) is 36.9 Å². The lowest BCUT2D eigenvalue weighted by molar-refractivity contribution is 0.334. The van der Waals surface area contributed by atoms with Crippen LogP contribution in [0.25, 0.3) is 0 Å². The second kappa shape index (κ2) is 5.19. The first-order valence-corrected chi connectivity index (χ1v) is 5.22. The van der Waals surface area contributed by atoms with Gasteiger partial charge in [0.2, 0.25) is 0 Å². The monoisotopic (exact) mass is 208 g/mol. The average Bonchev–Trinajstić information content (AvgIpc) is 2.20. The first kappa shape index (κ1) is 12.1. The Bertz CT molecular complexity index is 337. The van der Waals surface area contributed by atoms with Gasteiger partial charge in [-0.25, -0.2) is 0 Å². The topological polar surface area (TPSA) is 49.7 Å². The molecule has 4 heteroatoms. The zero-order valence-electron chi connectivity index (χ0n) is 9.45. The lowest BCUT2D eigenvalue weighted by Crippen LogP contribution is -2.30. The van der Waals surface area contributed by atoms with Crippen LogP contribution in [-0.2, 0) is 6.42 Å². The predicted octanol–water partition coefficient (Wildman–Crippen LogP) is 0.636. The Hall–Kier alpha value is -0.995. The molecule has 0 aliphatic heterocycles. The zero-order chi connectivity index (χ0) is 11.4. The molecule has 0 amide bonds. The highest BCUT2D eigenvalue weighted by Crippen LogP contribution is 2.22. The molecule has 82 valence electrons. The molecule has 0 atom stereocenters. The predicted molar refractivity (Wildman–Crippen MR) is 61.6 cm³/mol. The minimum absolute atomic E-state index is 0.521. The normalized spacial score (nSPS) is 10.2. The molecule has 0 aromatic heterocycles. The van der Waals surface area contributed by atoms with Crippen molar-refractivity contribution in [2.75, 3.05) is 6.61 Å². The summed E-state index contributed by atoms with van der Waals surface area (Å²) in [5, 5.41) is 18.2. The van der Waals surface area contributed by atoms with Gasteiger partial charge in [-0.1, -0.05) is 19.1 Å². The van der Waals surface area contributed by atoms with Crippen LogP contribution in [0.3, 0.4) is 0 Å². The number of ether oxygens (including phenoxy) is 1. The molecule has 0 aliphatic carbocycles. The van der Waals surface area contributed by atoms with E-state index in [1.54, 1.807) is 12.1 Å². The molecule has 0 unspecified atom stereocenters. The van der Waals surface area contributed by atoms with E-state index >= 15 is 0 Å². The average molecular weight is 208 g/mol. The molecule has 1 aromatic carbocycles. The van der Waals surface area contributed by atoms with E-state index in [9.17, 15) is 0 Å². The maximum Gasteiger partial charge on any atom is 0.488 e. The number of hydrogen-bond donors (Lipinski definition) is 2. The maximum absolute atomic E-state index is 9.10. The smallest absolute Gasteiger partial charge is 0.488 e. The van der Waals surface area contributed by atoms with Crippen LogP contribution < -0.4 is 10.2 Å². The molecule has 2 N–H and O–H groups in total. The van der Waals surface area contributed by atoms with Crippen LogP contribution >= 0.6 is 0 Å². The SMILES string of the molecule is CCOc1c(C)cc(B(O)O)cc1CC. The summed E-state index contributed by atoms with van der Waals surface area (Å²) >= 11 is 0. The van der Waals surface area contributed by atoms with Crippen molar-refractivity contribution in [3.8, 4) is 5.75 Å². The molecule has 0 aliphatic rings. The van der Waals surface area contributed by atoms with Crippen LogP contribution in [0, 0.1) is 6.92 Å². The first-order chi connectivity index (χ1) is 7.10. The van der Waals surface area contributed by atoms with Crippen molar-refractivity contribution in [1.29, 1.82) is 0 Å². The van der Waals surface area contributed by atoms with Crippen LogP contribution in [0.5, 0.6) is 5.75 Å². The van der Waals surface area contributed by atoms with Crippen molar-refractivity contribution in [3.05, 3.63) is 23.3 Å². The summed E-state index contributed by atoms with van der Waals surface area (Å²) in [5.41, 5.74) is 2.48. The molecule has 0 radical (unpaired) electrons. The van der Waals surface area contributed by atoms with E-state index in [0.29, 0.717) is 12.1 Å². The Morgan fingerprint density at radius 1 is 1.27 bits per heavy atom. The van der Waals surface area contributed by atoms with E-state index in [-0.39, 0.29) is 0 Å². The quantitative estimate of drug-likeness (QED) is 0.713. The summed E-state index contributed by atoms with van der Waals surface area (Å²) in [7, 11) is -1.41. The van der Waals surface area contributed by atoms with E-state index in [1.165, 1.54) is 0 Å². The van der Waals surface area contributed by atoms with Crippen molar-refractivity contribution in [1.82, 2.24) is 0 Å². The fourth-order valence-corrected chi connectivity index (χ4v) is 1.64. The third kappa shape index (κ3) is 2.73. The Morgan fingerprint density at radius 3 is 2.40 bits per heavy atom. The number of benzene rings is 1. The maximum atomic E-state index is 9.10. The van der Waals surface area contributed by atoms with Gasteiger partial charge in [0.05, 0.1) is 6.61 Å². The Balaban J connectivity index is 3.18. The molecule has 15 heavy (non-hydrogen) atoms. The lowest BCUT2D eigenvalue weighted by Gasteiger charge is -2.14. The minimum atomic E-state index is -1.41. The second-order valence-electron chi connectivity index (χ2n) is 3.49. The van der Waals surface area contributed by atoms with Crippen LogP contribution in [0.2, 0.25) is 0 Å². The first-order valence-electron chi connectivity index (χ1n) is 5.22. The van der Waals surface area contributed by atoms with Crippen molar-refractivity contribution in [3.63, 3.8) is 0 Å². The standard InChI is InChI=1S/C11H17BO3/c1-4-9-7-10(12(13)14)6-8(3)11(9)15-5-2/h6-7,13-14H,4-5H2,1-3H3. The van der Waals surface area contributed by atoms with Gasteiger partial charge >= 0.3 is 7.12 Å². The zero-order valence-corrected chi connectivity index (χ0v) is 9.45. The van der Waals surface area contributed by atoms with Gasteiger partial charge < -0.3 is 14.8 Å². The number of hydrogen-bond acceptors (Lipinski definition) is 3. The fourth-order valence-electron chi connectivity index (χ4n) is 1.64. The fraction of sp³-hybridized carbons (Fsp3) is 0.455. The molecule has 0 spiro atoms. The molecule has 3 nitrogen and oxygen atoms in total. The van der Waals surface area contributed by atoms with Crippen LogP contribution in [0.1, 0.15) is 25.0 Å². The summed E-state index contributed by atoms with van der Waals surface area (Å²) in [6, 6.07) is 3.53. The molecule has 0 heterocycles. The largest absolute Gasteiger partial charge is 0.493 e. The van der Waals surface area contributed by atoms with E-state index in [4.69, 9.17) is 14.8 Å². The molecule has 0 bridgehead atoms. The third-order valence-corrected chi connectivity index (χ3v) is 2.34.